The van der Waals surface area contributed by atoms with Crippen LogP contribution in [0, 0.1) is 0 Å². The van der Waals surface area contributed by atoms with E-state index >= 15 is 0 Å². The highest BCUT2D eigenvalue weighted by Gasteiger charge is 2.22. The van der Waals surface area contributed by atoms with Crippen molar-refractivity contribution in [3.05, 3.63) is 28.8 Å². The molecule has 3 N–H and O–H groups in total. The van der Waals surface area contributed by atoms with Crippen molar-refractivity contribution in [2.24, 2.45) is 0 Å². The van der Waals surface area contributed by atoms with Gasteiger partial charge in [0.25, 0.3) is 5.91 Å². The van der Waals surface area contributed by atoms with Crippen molar-refractivity contribution in [2.45, 2.75) is 19.4 Å². The van der Waals surface area contributed by atoms with Gasteiger partial charge in [-0.05, 0) is 32.0 Å². The van der Waals surface area contributed by atoms with E-state index in [2.05, 4.69) is 5.32 Å². The first kappa shape index (κ1) is 13.8. The SMILES string of the molecule is COCC(C)(C)NC(=O)c1ccc(N)cc1Cl. The maximum absolute atomic E-state index is 12.0. The van der Waals surface area contributed by atoms with Crippen LogP contribution in [-0.2, 0) is 4.74 Å². The highest BCUT2D eigenvalue weighted by atomic mass is 35.5. The number of carbonyl (C=O) groups excluding carboxylic acids is 1. The quantitative estimate of drug-likeness (QED) is 0.811. The van der Waals surface area contributed by atoms with E-state index in [1.165, 1.54) is 0 Å². The smallest absolute Gasteiger partial charge is 0.253 e. The maximum Gasteiger partial charge on any atom is 0.253 e. The topological polar surface area (TPSA) is 64.3 Å². The Balaban J connectivity index is 2.83. The fourth-order valence-electron chi connectivity index (χ4n) is 1.49. The highest BCUT2D eigenvalue weighted by Crippen LogP contribution is 2.19. The van der Waals surface area contributed by atoms with Gasteiger partial charge in [-0.25, -0.2) is 0 Å². The summed E-state index contributed by atoms with van der Waals surface area (Å²) in [5.41, 5.74) is 6.06. The fourth-order valence-corrected chi connectivity index (χ4v) is 1.76. The number of nitrogen functional groups attached to an aromatic ring is 1. The van der Waals surface area contributed by atoms with E-state index in [9.17, 15) is 4.79 Å². The van der Waals surface area contributed by atoms with Gasteiger partial charge < -0.3 is 15.8 Å². The van der Waals surface area contributed by atoms with Gasteiger partial charge in [0.05, 0.1) is 22.7 Å². The zero-order valence-electron chi connectivity index (χ0n) is 10.2. The first-order valence-corrected chi connectivity index (χ1v) is 5.60. The summed E-state index contributed by atoms with van der Waals surface area (Å²) in [5, 5.41) is 3.19. The summed E-state index contributed by atoms with van der Waals surface area (Å²) < 4.78 is 5.03. The summed E-state index contributed by atoms with van der Waals surface area (Å²) in [6.07, 6.45) is 0. The molecule has 0 atom stereocenters. The van der Waals surface area contributed by atoms with Crippen molar-refractivity contribution in [1.29, 1.82) is 0 Å². The van der Waals surface area contributed by atoms with Crippen LogP contribution in [0.4, 0.5) is 5.69 Å². The van der Waals surface area contributed by atoms with E-state index in [1.807, 2.05) is 13.8 Å². The van der Waals surface area contributed by atoms with Crippen LogP contribution in [0.5, 0.6) is 0 Å². The molecule has 0 fully saturated rings. The van der Waals surface area contributed by atoms with Gasteiger partial charge in [0, 0.05) is 12.8 Å². The molecule has 4 nitrogen and oxygen atoms in total. The first-order valence-electron chi connectivity index (χ1n) is 5.22. The monoisotopic (exact) mass is 256 g/mol. The molecule has 0 radical (unpaired) electrons. The Morgan fingerprint density at radius 2 is 2.18 bits per heavy atom. The lowest BCUT2D eigenvalue weighted by Gasteiger charge is -2.25. The van der Waals surface area contributed by atoms with Crippen molar-refractivity contribution in [3.63, 3.8) is 0 Å². The minimum atomic E-state index is -0.448. The lowest BCUT2D eigenvalue weighted by Crippen LogP contribution is -2.46. The van der Waals surface area contributed by atoms with Crippen LogP contribution >= 0.6 is 11.6 Å². The third-order valence-corrected chi connectivity index (χ3v) is 2.51. The van der Waals surface area contributed by atoms with Crippen molar-refractivity contribution in [3.8, 4) is 0 Å². The van der Waals surface area contributed by atoms with E-state index < -0.39 is 5.54 Å². The number of methoxy groups -OCH3 is 1. The maximum atomic E-state index is 12.0. The average Bonchev–Trinajstić information content (AvgIpc) is 2.15. The van der Waals surface area contributed by atoms with Crippen LogP contribution in [0.1, 0.15) is 24.2 Å². The number of anilines is 1. The molecule has 1 aromatic carbocycles. The Hall–Kier alpha value is -1.26. The van der Waals surface area contributed by atoms with Gasteiger partial charge in [-0.2, -0.15) is 0 Å². The van der Waals surface area contributed by atoms with Crippen molar-refractivity contribution in [2.75, 3.05) is 19.5 Å². The highest BCUT2D eigenvalue weighted by molar-refractivity contribution is 6.34. The Labute approximate surface area is 106 Å². The molecule has 0 aliphatic carbocycles. The largest absolute Gasteiger partial charge is 0.399 e. The van der Waals surface area contributed by atoms with Gasteiger partial charge in [-0.3, -0.25) is 4.79 Å². The number of ether oxygens (including phenoxy) is 1. The standard InChI is InChI=1S/C12H17ClN2O2/c1-12(2,7-17-3)15-11(16)9-5-4-8(14)6-10(9)13/h4-6H,7,14H2,1-3H3,(H,15,16). The molecule has 1 amide bonds. The molecule has 17 heavy (non-hydrogen) atoms. The lowest BCUT2D eigenvalue weighted by atomic mass is 10.1. The van der Waals surface area contributed by atoms with Crippen molar-refractivity contribution >= 4 is 23.2 Å². The molecule has 94 valence electrons. The molecular weight excluding hydrogens is 240 g/mol. The second-order valence-corrected chi connectivity index (χ2v) is 4.92. The number of amides is 1. The molecule has 0 saturated carbocycles. The van der Waals surface area contributed by atoms with Gasteiger partial charge >= 0.3 is 0 Å². The lowest BCUT2D eigenvalue weighted by molar-refractivity contribution is 0.0820. The Bertz CT molecular complexity index is 419. The molecule has 1 rings (SSSR count). The first-order chi connectivity index (χ1) is 7.85. The number of hydrogen-bond donors (Lipinski definition) is 2. The van der Waals surface area contributed by atoms with Gasteiger partial charge in [0.15, 0.2) is 0 Å². The fraction of sp³-hybridized carbons (Fsp3) is 0.417. The van der Waals surface area contributed by atoms with E-state index in [0.29, 0.717) is 22.9 Å². The molecule has 0 bridgehead atoms. The number of rotatable bonds is 4. The van der Waals surface area contributed by atoms with Crippen molar-refractivity contribution < 1.29 is 9.53 Å². The molecule has 0 aliphatic heterocycles. The summed E-state index contributed by atoms with van der Waals surface area (Å²) in [5.74, 6) is -0.239. The van der Waals surface area contributed by atoms with Crippen molar-refractivity contribution in [1.82, 2.24) is 5.32 Å². The van der Waals surface area contributed by atoms with Crippen LogP contribution in [-0.4, -0.2) is 25.2 Å². The molecular formula is C12H17ClN2O2. The summed E-state index contributed by atoms with van der Waals surface area (Å²) >= 11 is 5.96. The average molecular weight is 257 g/mol. The van der Waals surface area contributed by atoms with E-state index in [4.69, 9.17) is 22.1 Å². The minimum Gasteiger partial charge on any atom is -0.399 e. The van der Waals surface area contributed by atoms with Gasteiger partial charge in [-0.15, -0.1) is 0 Å². The summed E-state index contributed by atoms with van der Waals surface area (Å²) in [6, 6.07) is 4.81. The predicted molar refractivity (Wildman–Crippen MR) is 69.3 cm³/mol. The molecule has 0 spiro atoms. The summed E-state index contributed by atoms with van der Waals surface area (Å²) in [6.45, 7) is 4.17. The zero-order valence-corrected chi connectivity index (χ0v) is 11.0. The van der Waals surface area contributed by atoms with E-state index in [-0.39, 0.29) is 5.91 Å². The molecule has 0 unspecified atom stereocenters. The number of nitrogens with one attached hydrogen (secondary N) is 1. The zero-order chi connectivity index (χ0) is 13.1. The van der Waals surface area contributed by atoms with E-state index in [0.717, 1.165) is 0 Å². The molecule has 0 saturated heterocycles. The second kappa shape index (κ2) is 5.38. The molecule has 0 aromatic heterocycles. The van der Waals surface area contributed by atoms with Gasteiger partial charge in [-0.1, -0.05) is 11.6 Å². The summed E-state index contributed by atoms with van der Waals surface area (Å²) in [7, 11) is 1.59. The molecule has 0 heterocycles. The molecule has 0 aliphatic rings. The Morgan fingerprint density at radius 1 is 1.53 bits per heavy atom. The minimum absolute atomic E-state index is 0.239. The molecule has 5 heteroatoms. The van der Waals surface area contributed by atoms with Crippen LogP contribution in [0.3, 0.4) is 0 Å². The number of carbonyl (C=O) groups is 1. The Kier molecular flexibility index (Phi) is 4.37. The number of benzene rings is 1. The van der Waals surface area contributed by atoms with Gasteiger partial charge in [0.1, 0.15) is 0 Å². The number of halogens is 1. The van der Waals surface area contributed by atoms with Crippen LogP contribution in [0.25, 0.3) is 0 Å². The second-order valence-electron chi connectivity index (χ2n) is 4.51. The third-order valence-electron chi connectivity index (χ3n) is 2.19. The summed E-state index contributed by atoms with van der Waals surface area (Å²) in [4.78, 5) is 12.0. The Morgan fingerprint density at radius 3 is 2.71 bits per heavy atom. The third kappa shape index (κ3) is 3.91. The van der Waals surface area contributed by atoms with E-state index in [1.54, 1.807) is 25.3 Å². The molecule has 1 aromatic rings. The number of nitrogens with two attached hydrogens (primary N) is 1. The predicted octanol–water partition coefficient (Wildman–Crippen LogP) is 2.08. The number of hydrogen-bond acceptors (Lipinski definition) is 3. The van der Waals surface area contributed by atoms with Crippen LogP contribution in [0.2, 0.25) is 5.02 Å². The van der Waals surface area contributed by atoms with Gasteiger partial charge in [0.2, 0.25) is 0 Å². The van der Waals surface area contributed by atoms with Crippen LogP contribution < -0.4 is 11.1 Å². The van der Waals surface area contributed by atoms with Crippen LogP contribution in [0.15, 0.2) is 18.2 Å². The normalized spacial score (nSPS) is 11.3.